The highest BCUT2D eigenvalue weighted by atomic mass is 79.9. The van der Waals surface area contributed by atoms with Crippen molar-refractivity contribution in [3.63, 3.8) is 0 Å². The summed E-state index contributed by atoms with van der Waals surface area (Å²) in [6, 6.07) is 4.10. The van der Waals surface area contributed by atoms with E-state index in [4.69, 9.17) is 4.74 Å². The van der Waals surface area contributed by atoms with Gasteiger partial charge < -0.3 is 9.53 Å². The summed E-state index contributed by atoms with van der Waals surface area (Å²) in [5.41, 5.74) is 2.30. The molecule has 0 amide bonds. The molecular weight excluding hydrogens is 268 g/mol. The summed E-state index contributed by atoms with van der Waals surface area (Å²) in [5, 5.41) is 0. The van der Waals surface area contributed by atoms with Crippen LogP contribution in [0.3, 0.4) is 0 Å². The van der Waals surface area contributed by atoms with Crippen molar-refractivity contribution in [2.24, 2.45) is 0 Å². The number of benzene rings is 1. The number of carbonyl (C=O) groups is 1. The number of rotatable bonds is 5. The van der Waals surface area contributed by atoms with Crippen LogP contribution in [-0.4, -0.2) is 13.4 Å². The second kappa shape index (κ2) is 6.04. The molecule has 1 rings (SSSR count). The van der Waals surface area contributed by atoms with E-state index in [1.807, 2.05) is 13.0 Å². The number of hydrogen-bond donors (Lipinski definition) is 0. The summed E-state index contributed by atoms with van der Waals surface area (Å²) in [4.78, 5) is 10.5. The molecule has 0 N–H and O–H groups in total. The Morgan fingerprint density at radius 3 is 2.69 bits per heavy atom. The molecule has 88 valence electrons. The lowest BCUT2D eigenvalue weighted by Crippen LogP contribution is -1.99. The molecule has 0 saturated carbocycles. The van der Waals surface area contributed by atoms with Crippen LogP contribution in [0.5, 0.6) is 5.75 Å². The van der Waals surface area contributed by atoms with E-state index in [0.717, 1.165) is 28.5 Å². The number of methoxy groups -OCH3 is 1. The predicted octanol–water partition coefficient (Wildman–Crippen LogP) is 3.71. The van der Waals surface area contributed by atoms with Crippen LogP contribution in [-0.2, 0) is 11.2 Å². The van der Waals surface area contributed by atoms with Crippen molar-refractivity contribution in [2.75, 3.05) is 7.11 Å². The van der Waals surface area contributed by atoms with Gasteiger partial charge >= 0.3 is 0 Å². The van der Waals surface area contributed by atoms with E-state index in [1.54, 1.807) is 7.11 Å². The van der Waals surface area contributed by atoms with Crippen molar-refractivity contribution < 1.29 is 9.53 Å². The summed E-state index contributed by atoms with van der Waals surface area (Å²) in [6.45, 7) is 4.14. The van der Waals surface area contributed by atoms with Crippen molar-refractivity contribution in [1.82, 2.24) is 0 Å². The predicted molar refractivity (Wildman–Crippen MR) is 69.2 cm³/mol. The summed E-state index contributed by atoms with van der Waals surface area (Å²) in [7, 11) is 1.68. The Bertz CT molecular complexity index is 374. The first-order valence-electron chi connectivity index (χ1n) is 5.43. The molecule has 0 spiro atoms. The van der Waals surface area contributed by atoms with E-state index in [2.05, 4.69) is 28.9 Å². The smallest absolute Gasteiger partial charge is 0.123 e. The molecule has 1 atom stereocenters. The molecule has 1 aromatic rings. The van der Waals surface area contributed by atoms with Gasteiger partial charge in [0.2, 0.25) is 0 Å². The highest BCUT2D eigenvalue weighted by molar-refractivity contribution is 9.10. The van der Waals surface area contributed by atoms with Gasteiger partial charge in [0.1, 0.15) is 12.0 Å². The summed E-state index contributed by atoms with van der Waals surface area (Å²) >= 11 is 3.55. The lowest BCUT2D eigenvalue weighted by molar-refractivity contribution is -0.108. The van der Waals surface area contributed by atoms with Crippen molar-refractivity contribution in [1.29, 1.82) is 0 Å². The zero-order valence-electron chi connectivity index (χ0n) is 9.92. The van der Waals surface area contributed by atoms with Crippen LogP contribution in [0.4, 0.5) is 0 Å². The van der Waals surface area contributed by atoms with Crippen LogP contribution in [0.25, 0.3) is 0 Å². The van der Waals surface area contributed by atoms with Gasteiger partial charge in [0, 0.05) is 16.5 Å². The van der Waals surface area contributed by atoms with Gasteiger partial charge in [-0.1, -0.05) is 29.8 Å². The van der Waals surface area contributed by atoms with E-state index in [0.29, 0.717) is 6.42 Å². The van der Waals surface area contributed by atoms with Crippen LogP contribution in [0.1, 0.15) is 37.3 Å². The largest absolute Gasteiger partial charge is 0.496 e. The van der Waals surface area contributed by atoms with Crippen molar-refractivity contribution >= 4 is 22.2 Å². The molecule has 0 fully saturated rings. The van der Waals surface area contributed by atoms with E-state index in [1.165, 1.54) is 5.56 Å². The third-order valence-corrected chi connectivity index (χ3v) is 3.48. The molecular formula is C13H17BrO2. The topological polar surface area (TPSA) is 26.3 Å². The second-order valence-electron chi connectivity index (χ2n) is 3.84. The lowest BCUT2D eigenvalue weighted by Gasteiger charge is -2.15. The molecule has 0 heterocycles. The highest BCUT2D eigenvalue weighted by Gasteiger charge is 2.12. The number of halogens is 1. The van der Waals surface area contributed by atoms with E-state index in [-0.39, 0.29) is 5.92 Å². The minimum atomic E-state index is 0.230. The Kier molecular flexibility index (Phi) is 5.00. The van der Waals surface area contributed by atoms with E-state index in [9.17, 15) is 4.79 Å². The quantitative estimate of drug-likeness (QED) is 0.771. The number of aldehydes is 1. The molecule has 0 aliphatic carbocycles. The maximum absolute atomic E-state index is 10.5. The van der Waals surface area contributed by atoms with Gasteiger partial charge in [0.25, 0.3) is 0 Å². The molecule has 1 unspecified atom stereocenters. The Balaban J connectivity index is 3.14. The standard InChI is InChI=1S/C13H17BrO2/c1-4-11-12(14)7-10(8-13(11)16-3)9(2)5-6-15/h6-9H,4-5H2,1-3H3. The Labute approximate surface area is 105 Å². The molecule has 0 aliphatic rings. The van der Waals surface area contributed by atoms with Gasteiger partial charge in [-0.2, -0.15) is 0 Å². The fourth-order valence-electron chi connectivity index (χ4n) is 1.72. The highest BCUT2D eigenvalue weighted by Crippen LogP contribution is 2.32. The zero-order chi connectivity index (χ0) is 12.1. The normalized spacial score (nSPS) is 12.2. The number of ether oxygens (including phenoxy) is 1. The third-order valence-electron chi connectivity index (χ3n) is 2.77. The molecule has 1 aromatic carbocycles. The average Bonchev–Trinajstić information content (AvgIpc) is 2.28. The van der Waals surface area contributed by atoms with E-state index < -0.39 is 0 Å². The first-order chi connectivity index (χ1) is 7.63. The summed E-state index contributed by atoms with van der Waals surface area (Å²) in [6.07, 6.45) is 2.42. The van der Waals surface area contributed by atoms with Gasteiger partial charge in [-0.05, 0) is 30.0 Å². The maximum Gasteiger partial charge on any atom is 0.123 e. The molecule has 0 aromatic heterocycles. The minimum absolute atomic E-state index is 0.230. The van der Waals surface area contributed by atoms with E-state index >= 15 is 0 Å². The van der Waals surface area contributed by atoms with Gasteiger partial charge in [0.05, 0.1) is 7.11 Å². The fourth-order valence-corrected chi connectivity index (χ4v) is 2.46. The van der Waals surface area contributed by atoms with Crippen LogP contribution < -0.4 is 4.74 Å². The molecule has 0 aliphatic heterocycles. The first-order valence-corrected chi connectivity index (χ1v) is 6.23. The Hall–Kier alpha value is -0.830. The SMILES string of the molecule is CCc1c(Br)cc(C(C)CC=O)cc1OC. The molecule has 2 nitrogen and oxygen atoms in total. The van der Waals surface area contributed by atoms with Crippen molar-refractivity contribution in [3.05, 3.63) is 27.7 Å². The van der Waals surface area contributed by atoms with Crippen LogP contribution in [0.15, 0.2) is 16.6 Å². The number of hydrogen-bond acceptors (Lipinski definition) is 2. The average molecular weight is 285 g/mol. The van der Waals surface area contributed by atoms with Gasteiger partial charge in [0.15, 0.2) is 0 Å². The molecule has 0 radical (unpaired) electrons. The zero-order valence-corrected chi connectivity index (χ0v) is 11.5. The van der Waals surface area contributed by atoms with Crippen molar-refractivity contribution in [2.45, 2.75) is 32.6 Å². The minimum Gasteiger partial charge on any atom is -0.496 e. The van der Waals surface area contributed by atoms with Crippen LogP contribution in [0.2, 0.25) is 0 Å². The number of carbonyl (C=O) groups excluding carboxylic acids is 1. The monoisotopic (exact) mass is 284 g/mol. The van der Waals surface area contributed by atoms with Crippen LogP contribution in [0, 0.1) is 0 Å². The Morgan fingerprint density at radius 2 is 2.19 bits per heavy atom. The maximum atomic E-state index is 10.5. The second-order valence-corrected chi connectivity index (χ2v) is 4.69. The third kappa shape index (κ3) is 2.85. The summed E-state index contributed by atoms with van der Waals surface area (Å²) in [5.74, 6) is 1.12. The molecule has 3 heteroatoms. The fraction of sp³-hybridized carbons (Fsp3) is 0.462. The van der Waals surface area contributed by atoms with Crippen molar-refractivity contribution in [3.8, 4) is 5.75 Å². The molecule has 0 saturated heterocycles. The molecule has 16 heavy (non-hydrogen) atoms. The van der Waals surface area contributed by atoms with Gasteiger partial charge in [-0.15, -0.1) is 0 Å². The summed E-state index contributed by atoms with van der Waals surface area (Å²) < 4.78 is 6.43. The van der Waals surface area contributed by atoms with Gasteiger partial charge in [-0.25, -0.2) is 0 Å². The lowest BCUT2D eigenvalue weighted by atomic mass is 9.96. The Morgan fingerprint density at radius 1 is 1.50 bits per heavy atom. The molecule has 0 bridgehead atoms. The van der Waals surface area contributed by atoms with Gasteiger partial charge in [-0.3, -0.25) is 0 Å². The first kappa shape index (κ1) is 13.2. The van der Waals surface area contributed by atoms with Crippen LogP contribution >= 0.6 is 15.9 Å².